The number of carbonyl (C=O) groups is 2. The Balaban J connectivity index is 2.34. The zero-order valence-corrected chi connectivity index (χ0v) is 7.27. The summed E-state index contributed by atoms with van der Waals surface area (Å²) < 4.78 is 4.99. The van der Waals surface area contributed by atoms with Crippen LogP contribution in [0.15, 0.2) is 24.5 Å². The molecule has 1 rings (SSSR count). The van der Waals surface area contributed by atoms with Gasteiger partial charge in [-0.15, -0.1) is 0 Å². The van der Waals surface area contributed by atoms with Crippen LogP contribution in [0.5, 0.6) is 5.75 Å². The van der Waals surface area contributed by atoms with Crippen LogP contribution in [0.4, 0.5) is 4.79 Å². The van der Waals surface area contributed by atoms with Crippen molar-refractivity contribution in [2.75, 3.05) is 6.61 Å². The number of amides is 3. The predicted octanol–water partition coefficient (Wildman–Crippen LogP) is -0.345. The number of carbonyl (C=O) groups excluding carboxylic acids is 2. The Kier molecular flexibility index (Phi) is 3.42. The van der Waals surface area contributed by atoms with Crippen LogP contribution >= 0.6 is 0 Å². The van der Waals surface area contributed by atoms with Crippen molar-refractivity contribution in [3.05, 3.63) is 24.5 Å². The molecule has 0 aliphatic rings. The lowest BCUT2D eigenvalue weighted by molar-refractivity contribution is -0.121. The molecule has 0 spiro atoms. The van der Waals surface area contributed by atoms with Crippen LogP contribution in [0.2, 0.25) is 0 Å². The van der Waals surface area contributed by atoms with E-state index in [1.807, 2.05) is 5.32 Å². The summed E-state index contributed by atoms with van der Waals surface area (Å²) in [6.45, 7) is -0.269. The summed E-state index contributed by atoms with van der Waals surface area (Å²) in [7, 11) is 0. The molecule has 0 aliphatic heterocycles. The maximum Gasteiger partial charge on any atom is 0.318 e. The summed E-state index contributed by atoms with van der Waals surface area (Å²) in [4.78, 5) is 24.9. The van der Waals surface area contributed by atoms with Crippen molar-refractivity contribution < 1.29 is 14.3 Å². The average Bonchev–Trinajstić information content (AvgIpc) is 2.15. The van der Waals surface area contributed by atoms with E-state index in [9.17, 15) is 9.59 Å². The Hall–Kier alpha value is -2.11. The maximum absolute atomic E-state index is 10.9. The number of pyridine rings is 1. The van der Waals surface area contributed by atoms with Gasteiger partial charge < -0.3 is 10.5 Å². The highest BCUT2D eigenvalue weighted by Gasteiger charge is 2.04. The Morgan fingerprint density at radius 3 is 2.93 bits per heavy atom. The molecule has 0 fully saturated rings. The van der Waals surface area contributed by atoms with Gasteiger partial charge in [0, 0.05) is 6.20 Å². The molecule has 0 saturated carbocycles. The molecule has 0 aromatic carbocycles. The van der Waals surface area contributed by atoms with Crippen LogP contribution < -0.4 is 15.8 Å². The van der Waals surface area contributed by atoms with Crippen LogP contribution in [0.1, 0.15) is 0 Å². The van der Waals surface area contributed by atoms with E-state index >= 15 is 0 Å². The molecule has 1 heterocycles. The Morgan fingerprint density at radius 1 is 1.57 bits per heavy atom. The number of rotatable bonds is 3. The summed E-state index contributed by atoms with van der Waals surface area (Å²) in [5, 5.41) is 1.87. The van der Waals surface area contributed by atoms with Gasteiger partial charge in [0.1, 0.15) is 5.75 Å². The molecule has 0 atom stereocenters. The monoisotopic (exact) mass is 195 g/mol. The minimum atomic E-state index is -0.898. The first-order valence-electron chi connectivity index (χ1n) is 3.80. The zero-order valence-electron chi connectivity index (χ0n) is 7.27. The number of nitrogens with two attached hydrogens (primary N) is 1. The topological polar surface area (TPSA) is 94.3 Å². The van der Waals surface area contributed by atoms with Crippen molar-refractivity contribution in [3.63, 3.8) is 0 Å². The lowest BCUT2D eigenvalue weighted by Crippen LogP contribution is -2.38. The van der Waals surface area contributed by atoms with E-state index in [1.165, 1.54) is 6.20 Å². The number of imide groups is 1. The third-order valence-electron chi connectivity index (χ3n) is 1.27. The molecule has 0 aliphatic carbocycles. The van der Waals surface area contributed by atoms with Gasteiger partial charge in [0.15, 0.2) is 6.61 Å². The predicted molar refractivity (Wildman–Crippen MR) is 47.5 cm³/mol. The molecular formula is C8H9N3O3. The number of primary amides is 1. The summed E-state index contributed by atoms with van der Waals surface area (Å²) in [5.74, 6) is -0.145. The maximum atomic E-state index is 10.9. The van der Waals surface area contributed by atoms with Gasteiger partial charge in [0.2, 0.25) is 0 Å². The standard InChI is InChI=1S/C8H9N3O3/c9-8(13)11-7(12)5-14-6-2-1-3-10-4-6/h1-4H,5H2,(H3,9,11,12,13). The van der Waals surface area contributed by atoms with Crippen molar-refractivity contribution in [2.45, 2.75) is 0 Å². The van der Waals surface area contributed by atoms with E-state index in [2.05, 4.69) is 4.98 Å². The van der Waals surface area contributed by atoms with Gasteiger partial charge in [0.25, 0.3) is 5.91 Å². The van der Waals surface area contributed by atoms with E-state index < -0.39 is 11.9 Å². The first kappa shape index (κ1) is 9.97. The van der Waals surface area contributed by atoms with E-state index in [-0.39, 0.29) is 6.61 Å². The Morgan fingerprint density at radius 2 is 2.36 bits per heavy atom. The molecule has 0 unspecified atom stereocenters. The molecule has 14 heavy (non-hydrogen) atoms. The van der Waals surface area contributed by atoms with Gasteiger partial charge in [-0.1, -0.05) is 0 Å². The Labute approximate surface area is 80.1 Å². The number of urea groups is 1. The molecule has 3 amide bonds. The van der Waals surface area contributed by atoms with Gasteiger partial charge in [-0.25, -0.2) is 4.79 Å². The molecule has 1 aromatic rings. The van der Waals surface area contributed by atoms with Crippen LogP contribution in [-0.2, 0) is 4.79 Å². The third kappa shape index (κ3) is 3.53. The SMILES string of the molecule is NC(=O)NC(=O)COc1cccnc1. The fourth-order valence-corrected chi connectivity index (χ4v) is 0.755. The molecule has 0 saturated heterocycles. The second kappa shape index (κ2) is 4.80. The van der Waals surface area contributed by atoms with Crippen LogP contribution in [-0.4, -0.2) is 23.5 Å². The van der Waals surface area contributed by atoms with Gasteiger partial charge in [-0.05, 0) is 12.1 Å². The van der Waals surface area contributed by atoms with Gasteiger partial charge in [-0.3, -0.25) is 15.1 Å². The normalized spacial score (nSPS) is 9.14. The number of aromatic nitrogens is 1. The van der Waals surface area contributed by atoms with Crippen LogP contribution in [0.3, 0.4) is 0 Å². The fourth-order valence-electron chi connectivity index (χ4n) is 0.755. The Bertz CT molecular complexity index is 326. The highest BCUT2D eigenvalue weighted by atomic mass is 16.5. The second-order valence-electron chi connectivity index (χ2n) is 2.39. The lowest BCUT2D eigenvalue weighted by atomic mass is 10.5. The first-order chi connectivity index (χ1) is 6.68. The molecule has 0 radical (unpaired) electrons. The number of nitrogens with one attached hydrogen (secondary N) is 1. The average molecular weight is 195 g/mol. The highest BCUT2D eigenvalue weighted by molar-refractivity contribution is 5.94. The van der Waals surface area contributed by atoms with E-state index in [0.29, 0.717) is 5.75 Å². The van der Waals surface area contributed by atoms with Crippen molar-refractivity contribution in [1.82, 2.24) is 10.3 Å². The quantitative estimate of drug-likeness (QED) is 0.689. The summed E-state index contributed by atoms with van der Waals surface area (Å²) in [6, 6.07) is 2.41. The number of nitrogens with zero attached hydrogens (tertiary/aromatic N) is 1. The lowest BCUT2D eigenvalue weighted by Gasteiger charge is -2.03. The smallest absolute Gasteiger partial charge is 0.318 e. The van der Waals surface area contributed by atoms with Gasteiger partial charge in [0.05, 0.1) is 6.20 Å². The second-order valence-corrected chi connectivity index (χ2v) is 2.39. The molecule has 6 nitrogen and oxygen atoms in total. The van der Waals surface area contributed by atoms with Crippen molar-refractivity contribution in [3.8, 4) is 5.75 Å². The minimum absolute atomic E-state index is 0.269. The van der Waals surface area contributed by atoms with Crippen LogP contribution in [0.25, 0.3) is 0 Å². The van der Waals surface area contributed by atoms with E-state index in [1.54, 1.807) is 18.3 Å². The van der Waals surface area contributed by atoms with Gasteiger partial charge >= 0.3 is 6.03 Å². The van der Waals surface area contributed by atoms with Crippen molar-refractivity contribution in [2.24, 2.45) is 5.73 Å². The van der Waals surface area contributed by atoms with E-state index in [4.69, 9.17) is 10.5 Å². The summed E-state index contributed by atoms with van der Waals surface area (Å²) in [6.07, 6.45) is 3.04. The minimum Gasteiger partial charge on any atom is -0.482 e. The molecule has 3 N–H and O–H groups in total. The molecule has 6 heteroatoms. The molecule has 1 aromatic heterocycles. The molecule has 74 valence electrons. The number of hydrogen-bond donors (Lipinski definition) is 2. The first-order valence-corrected chi connectivity index (χ1v) is 3.80. The number of hydrogen-bond acceptors (Lipinski definition) is 4. The highest BCUT2D eigenvalue weighted by Crippen LogP contribution is 2.04. The largest absolute Gasteiger partial charge is 0.482 e. The number of ether oxygens (including phenoxy) is 1. The summed E-state index contributed by atoms with van der Waals surface area (Å²) >= 11 is 0. The van der Waals surface area contributed by atoms with E-state index in [0.717, 1.165) is 0 Å². The van der Waals surface area contributed by atoms with Gasteiger partial charge in [-0.2, -0.15) is 0 Å². The molecule has 0 bridgehead atoms. The fraction of sp³-hybridized carbons (Fsp3) is 0.125. The van der Waals surface area contributed by atoms with Crippen molar-refractivity contribution in [1.29, 1.82) is 0 Å². The molecular weight excluding hydrogens is 186 g/mol. The van der Waals surface area contributed by atoms with Crippen molar-refractivity contribution >= 4 is 11.9 Å². The zero-order chi connectivity index (χ0) is 10.4. The third-order valence-corrected chi connectivity index (χ3v) is 1.27. The van der Waals surface area contributed by atoms with Crippen LogP contribution in [0, 0.1) is 0 Å². The summed E-state index contributed by atoms with van der Waals surface area (Å²) in [5.41, 5.74) is 4.72.